The fourth-order valence-electron chi connectivity index (χ4n) is 2.83. The van der Waals surface area contributed by atoms with Crippen molar-refractivity contribution in [2.75, 3.05) is 27.9 Å². The van der Waals surface area contributed by atoms with Gasteiger partial charge in [-0.05, 0) is 38.8 Å². The summed E-state index contributed by atoms with van der Waals surface area (Å²) in [4.78, 5) is 12.1. The third-order valence-corrected chi connectivity index (χ3v) is 5.13. The molecule has 0 aliphatic heterocycles. The number of amides is 1. The van der Waals surface area contributed by atoms with Crippen molar-refractivity contribution in [2.24, 2.45) is 5.10 Å². The van der Waals surface area contributed by atoms with Crippen molar-refractivity contribution in [1.82, 2.24) is 5.43 Å². The number of ether oxygens (including phenoxy) is 4. The standard InChI is InChI=1S/C22H21BrN2O5/c1-27-18-11-20(29-3)19(28-2)10-15(18)12-24-25-21(26)13-30-17-9-8-14-6-4-5-7-16(14)22(17)23/h4-12H,13H2,1-3H3,(H,25,26). The summed E-state index contributed by atoms with van der Waals surface area (Å²) in [5.41, 5.74) is 3.06. The van der Waals surface area contributed by atoms with Gasteiger partial charge in [-0.2, -0.15) is 5.10 Å². The second-order valence-corrected chi connectivity index (χ2v) is 6.92. The highest BCUT2D eigenvalue weighted by Gasteiger charge is 2.11. The zero-order chi connectivity index (χ0) is 21.5. The van der Waals surface area contributed by atoms with Gasteiger partial charge in [0.1, 0.15) is 11.5 Å². The first-order valence-corrected chi connectivity index (χ1v) is 9.78. The maximum absolute atomic E-state index is 12.1. The molecule has 0 heterocycles. The normalized spacial score (nSPS) is 10.8. The number of rotatable bonds is 8. The molecular formula is C22H21BrN2O5. The van der Waals surface area contributed by atoms with Gasteiger partial charge in [-0.1, -0.05) is 30.3 Å². The summed E-state index contributed by atoms with van der Waals surface area (Å²) < 4.78 is 22.3. The molecule has 0 fully saturated rings. The van der Waals surface area contributed by atoms with E-state index in [-0.39, 0.29) is 6.61 Å². The van der Waals surface area contributed by atoms with Crippen molar-refractivity contribution in [3.63, 3.8) is 0 Å². The molecule has 0 radical (unpaired) electrons. The fraction of sp³-hybridized carbons (Fsp3) is 0.182. The highest BCUT2D eigenvalue weighted by Crippen LogP contribution is 2.34. The molecule has 0 spiro atoms. The van der Waals surface area contributed by atoms with Crippen molar-refractivity contribution in [3.05, 3.63) is 58.6 Å². The smallest absolute Gasteiger partial charge is 0.277 e. The topological polar surface area (TPSA) is 78.4 Å². The number of hydrogen-bond donors (Lipinski definition) is 1. The van der Waals surface area contributed by atoms with Gasteiger partial charge >= 0.3 is 0 Å². The summed E-state index contributed by atoms with van der Waals surface area (Å²) in [5, 5.41) is 6.06. The van der Waals surface area contributed by atoms with Gasteiger partial charge in [0.2, 0.25) is 0 Å². The number of benzene rings is 3. The van der Waals surface area contributed by atoms with Gasteiger partial charge in [-0.25, -0.2) is 5.43 Å². The first-order chi connectivity index (χ1) is 14.6. The van der Waals surface area contributed by atoms with E-state index in [0.717, 1.165) is 15.2 Å². The van der Waals surface area contributed by atoms with E-state index in [0.29, 0.717) is 28.6 Å². The van der Waals surface area contributed by atoms with E-state index in [1.807, 2.05) is 36.4 Å². The van der Waals surface area contributed by atoms with E-state index in [2.05, 4.69) is 26.5 Å². The molecule has 0 saturated carbocycles. The Balaban J connectivity index is 1.64. The molecule has 3 aromatic carbocycles. The van der Waals surface area contributed by atoms with Gasteiger partial charge in [0.15, 0.2) is 18.1 Å². The van der Waals surface area contributed by atoms with Gasteiger partial charge in [0, 0.05) is 11.6 Å². The Labute approximate surface area is 182 Å². The molecule has 3 rings (SSSR count). The van der Waals surface area contributed by atoms with Crippen molar-refractivity contribution >= 4 is 38.8 Å². The molecule has 1 N–H and O–H groups in total. The zero-order valence-corrected chi connectivity index (χ0v) is 18.4. The maximum Gasteiger partial charge on any atom is 0.277 e. The number of carbonyl (C=O) groups excluding carboxylic acids is 1. The number of nitrogens with zero attached hydrogens (tertiary/aromatic N) is 1. The summed E-state index contributed by atoms with van der Waals surface area (Å²) in [6, 6.07) is 15.0. The van der Waals surface area contributed by atoms with E-state index in [1.54, 1.807) is 19.2 Å². The molecular weight excluding hydrogens is 452 g/mol. The van der Waals surface area contributed by atoms with Crippen LogP contribution in [0.2, 0.25) is 0 Å². The molecule has 0 aliphatic rings. The number of nitrogens with one attached hydrogen (secondary N) is 1. The van der Waals surface area contributed by atoms with Gasteiger partial charge < -0.3 is 18.9 Å². The van der Waals surface area contributed by atoms with Crippen molar-refractivity contribution in [2.45, 2.75) is 0 Å². The molecule has 3 aromatic rings. The lowest BCUT2D eigenvalue weighted by Gasteiger charge is -2.12. The Morgan fingerprint density at radius 1 is 0.967 bits per heavy atom. The Morgan fingerprint density at radius 3 is 2.40 bits per heavy atom. The summed E-state index contributed by atoms with van der Waals surface area (Å²) in [6.45, 7) is -0.183. The van der Waals surface area contributed by atoms with Gasteiger partial charge in [0.05, 0.1) is 32.0 Å². The van der Waals surface area contributed by atoms with Gasteiger partial charge in [-0.15, -0.1) is 0 Å². The largest absolute Gasteiger partial charge is 0.496 e. The number of methoxy groups -OCH3 is 3. The number of halogens is 1. The predicted octanol–water partition coefficient (Wildman–Crippen LogP) is 4.16. The van der Waals surface area contributed by atoms with Crippen LogP contribution in [0.15, 0.2) is 58.1 Å². The van der Waals surface area contributed by atoms with Gasteiger partial charge in [-0.3, -0.25) is 4.79 Å². The Morgan fingerprint density at radius 2 is 1.67 bits per heavy atom. The van der Waals surface area contributed by atoms with Crippen molar-refractivity contribution < 1.29 is 23.7 Å². The summed E-state index contributed by atoms with van der Waals surface area (Å²) in [7, 11) is 4.61. The molecule has 7 nitrogen and oxygen atoms in total. The third kappa shape index (κ3) is 4.83. The quantitative estimate of drug-likeness (QED) is 0.393. The molecule has 0 bridgehead atoms. The molecule has 0 unspecified atom stereocenters. The molecule has 0 aliphatic carbocycles. The fourth-order valence-corrected chi connectivity index (χ4v) is 3.44. The van der Waals surface area contributed by atoms with Crippen LogP contribution in [-0.4, -0.2) is 40.1 Å². The molecule has 0 atom stereocenters. The average Bonchev–Trinajstić information content (AvgIpc) is 2.78. The van der Waals surface area contributed by atoms with Crippen LogP contribution in [0.4, 0.5) is 0 Å². The number of hydrogen-bond acceptors (Lipinski definition) is 6. The van der Waals surface area contributed by atoms with Crippen LogP contribution in [0.5, 0.6) is 23.0 Å². The van der Waals surface area contributed by atoms with E-state index in [1.165, 1.54) is 20.4 Å². The predicted molar refractivity (Wildman–Crippen MR) is 119 cm³/mol. The molecule has 0 saturated heterocycles. The van der Waals surface area contributed by atoms with Crippen LogP contribution in [0.1, 0.15) is 5.56 Å². The SMILES string of the molecule is COc1cc(OC)c(OC)cc1C=NNC(=O)COc1ccc2ccccc2c1Br. The number of fused-ring (bicyclic) bond motifs is 1. The minimum Gasteiger partial charge on any atom is -0.496 e. The van der Waals surface area contributed by atoms with Crippen molar-refractivity contribution in [3.8, 4) is 23.0 Å². The van der Waals surface area contributed by atoms with E-state index < -0.39 is 5.91 Å². The lowest BCUT2D eigenvalue weighted by atomic mass is 10.1. The first-order valence-electron chi connectivity index (χ1n) is 8.99. The Bertz CT molecular complexity index is 1080. The third-order valence-electron chi connectivity index (χ3n) is 4.32. The summed E-state index contributed by atoms with van der Waals surface area (Å²) in [6.07, 6.45) is 1.46. The van der Waals surface area contributed by atoms with Crippen LogP contribution < -0.4 is 24.4 Å². The zero-order valence-electron chi connectivity index (χ0n) is 16.8. The Hall–Kier alpha value is -3.26. The van der Waals surface area contributed by atoms with E-state index >= 15 is 0 Å². The molecule has 8 heteroatoms. The second-order valence-electron chi connectivity index (χ2n) is 6.13. The minimum atomic E-state index is -0.397. The maximum atomic E-state index is 12.1. The monoisotopic (exact) mass is 472 g/mol. The van der Waals surface area contributed by atoms with Crippen molar-refractivity contribution in [1.29, 1.82) is 0 Å². The second kappa shape index (κ2) is 9.98. The highest BCUT2D eigenvalue weighted by atomic mass is 79.9. The summed E-state index contributed by atoms with van der Waals surface area (Å²) >= 11 is 3.53. The van der Waals surface area contributed by atoms with Crippen LogP contribution in [0, 0.1) is 0 Å². The highest BCUT2D eigenvalue weighted by molar-refractivity contribution is 9.10. The molecule has 0 aromatic heterocycles. The minimum absolute atomic E-state index is 0.183. The Kier molecular flexibility index (Phi) is 7.13. The van der Waals surface area contributed by atoms with E-state index in [9.17, 15) is 4.79 Å². The number of hydrazone groups is 1. The van der Waals surface area contributed by atoms with Crippen LogP contribution in [0.25, 0.3) is 10.8 Å². The average molecular weight is 473 g/mol. The van der Waals surface area contributed by atoms with Crippen LogP contribution in [-0.2, 0) is 4.79 Å². The van der Waals surface area contributed by atoms with Crippen LogP contribution in [0.3, 0.4) is 0 Å². The lowest BCUT2D eigenvalue weighted by Crippen LogP contribution is -2.24. The van der Waals surface area contributed by atoms with Crippen LogP contribution >= 0.6 is 15.9 Å². The van der Waals surface area contributed by atoms with E-state index in [4.69, 9.17) is 18.9 Å². The number of carbonyl (C=O) groups is 1. The van der Waals surface area contributed by atoms with Gasteiger partial charge in [0.25, 0.3) is 5.91 Å². The first kappa shape index (κ1) is 21.4. The lowest BCUT2D eigenvalue weighted by molar-refractivity contribution is -0.123. The molecule has 30 heavy (non-hydrogen) atoms. The molecule has 1 amide bonds. The molecule has 156 valence electrons. The summed E-state index contributed by atoms with van der Waals surface area (Å²) in [5.74, 6) is 1.77.